The molecule has 1 atom stereocenters. The largest absolute Gasteiger partial charge is 1.00 e. The Morgan fingerprint density at radius 1 is 0.396 bits per heavy atom. The Hall–Kier alpha value is -3.40. The van der Waals surface area contributed by atoms with Crippen LogP contribution in [0.1, 0.15) is 44.4 Å². The Kier molecular flexibility index (Phi) is 14.2. The van der Waals surface area contributed by atoms with Crippen LogP contribution >= 0.6 is 0 Å². The summed E-state index contributed by atoms with van der Waals surface area (Å²) in [5.41, 5.74) is 16.3. The van der Waals surface area contributed by atoms with Crippen LogP contribution in [0.4, 0.5) is 0 Å². The summed E-state index contributed by atoms with van der Waals surface area (Å²) in [6, 6.07) is 55.5. The summed E-state index contributed by atoms with van der Waals surface area (Å²) >= 11 is -0.722. The molecule has 1 unspecified atom stereocenters. The minimum atomic E-state index is -2.68. The van der Waals surface area contributed by atoms with Gasteiger partial charge in [-0.1, -0.05) is 0 Å². The number of halogens is 3. The molecule has 0 bridgehead atoms. The van der Waals surface area contributed by atoms with Crippen molar-refractivity contribution in [2.24, 2.45) is 5.92 Å². The van der Waals surface area contributed by atoms with Crippen molar-refractivity contribution in [3.8, 4) is 33.4 Å². The molecule has 0 aliphatic heterocycles. The average molecular weight is 805 g/mol. The van der Waals surface area contributed by atoms with Gasteiger partial charge in [-0.2, -0.15) is 0 Å². The molecular formula is C48H46Cl3SiTi. The molecule has 0 heterocycles. The van der Waals surface area contributed by atoms with E-state index in [1.54, 1.807) is 9.45 Å². The molecule has 0 amide bonds. The van der Waals surface area contributed by atoms with E-state index in [1.807, 2.05) is 0 Å². The van der Waals surface area contributed by atoms with Crippen molar-refractivity contribution in [1.29, 1.82) is 0 Å². The molecule has 0 fully saturated rings. The normalized spacial score (nSPS) is 13.8. The van der Waals surface area contributed by atoms with Crippen molar-refractivity contribution in [2.45, 2.75) is 48.5 Å². The molecule has 1 aliphatic carbocycles. The quantitative estimate of drug-likeness (QED) is 0.163. The molecule has 0 N–H and O–H groups in total. The van der Waals surface area contributed by atoms with E-state index in [0.717, 1.165) is 0 Å². The first kappa shape index (κ1) is 42.3. The minimum absolute atomic E-state index is 0. The third kappa shape index (κ3) is 8.47. The van der Waals surface area contributed by atoms with Gasteiger partial charge in [0.05, 0.1) is 0 Å². The van der Waals surface area contributed by atoms with E-state index in [4.69, 9.17) is 0 Å². The SMILES string of the molecule is CC1=C(C)C(C)[C]([Ti+3][Si](c2cc(C)cc(-c3ccccc3)c2)(c2cc(C)cc(-c3ccccc3)c2)c2cc(C)cc(-c3ccccc3)c2)=C1C.[Cl-].[Cl-].[Cl-]. The summed E-state index contributed by atoms with van der Waals surface area (Å²) in [7, 11) is 0. The second-order valence-corrected chi connectivity index (χ2v) is 23.3. The van der Waals surface area contributed by atoms with Crippen molar-refractivity contribution >= 4 is 21.5 Å². The zero-order valence-electron chi connectivity index (χ0n) is 31.6. The zero-order chi connectivity index (χ0) is 35.0. The van der Waals surface area contributed by atoms with Gasteiger partial charge < -0.3 is 37.2 Å². The first-order valence-electron chi connectivity index (χ1n) is 17.8. The number of benzene rings is 6. The predicted molar refractivity (Wildman–Crippen MR) is 215 cm³/mol. The molecule has 0 radical (unpaired) electrons. The van der Waals surface area contributed by atoms with E-state index in [0.29, 0.717) is 5.92 Å². The standard InChI is InChI=1S/C39H33Si.C9H13.3ClH.Ti/c1-28-19-34(31-13-7-4-8-14-31)25-37(22-28)40(38-23-29(2)20-35(26-38)32-15-9-5-10-16-32)39-24-30(3)21-36(27-39)33-17-11-6-12-18-33;1-6-5-7(2)9(4)8(6)3;;;;/h4-27H,1-3H3;6H,1-4H3;3*1H;/q;;;;;+3/p-3. The third-order valence-electron chi connectivity index (χ3n) is 10.8. The molecule has 0 aromatic heterocycles. The van der Waals surface area contributed by atoms with E-state index in [1.165, 1.54) is 76.8 Å². The molecule has 7 rings (SSSR count). The van der Waals surface area contributed by atoms with Crippen molar-refractivity contribution in [1.82, 2.24) is 0 Å². The number of aryl methyl sites for hydroxylation is 3. The van der Waals surface area contributed by atoms with Crippen LogP contribution in [0.3, 0.4) is 0 Å². The van der Waals surface area contributed by atoms with E-state index in [2.05, 4.69) is 194 Å². The van der Waals surface area contributed by atoms with Crippen LogP contribution in [-0.4, -0.2) is 5.94 Å². The predicted octanol–water partition coefficient (Wildman–Crippen LogP) is 1.93. The molecular weight excluding hydrogens is 759 g/mol. The van der Waals surface area contributed by atoms with E-state index >= 15 is 0 Å². The molecule has 53 heavy (non-hydrogen) atoms. The number of hydrogen-bond donors (Lipinski definition) is 0. The van der Waals surface area contributed by atoms with E-state index in [9.17, 15) is 0 Å². The van der Waals surface area contributed by atoms with Gasteiger partial charge in [-0.3, -0.25) is 0 Å². The fraction of sp³-hybridized carbons (Fsp3) is 0.167. The first-order valence-corrected chi connectivity index (χ1v) is 23.0. The second kappa shape index (κ2) is 17.8. The van der Waals surface area contributed by atoms with Crippen LogP contribution in [-0.2, 0) is 18.4 Å². The van der Waals surface area contributed by atoms with Crippen molar-refractivity contribution in [3.05, 3.63) is 183 Å². The molecule has 6 aromatic rings. The van der Waals surface area contributed by atoms with Crippen LogP contribution in [0.5, 0.6) is 0 Å². The third-order valence-corrected chi connectivity index (χ3v) is 23.3. The Morgan fingerprint density at radius 2 is 0.717 bits per heavy atom. The second-order valence-electron chi connectivity index (χ2n) is 14.3. The number of rotatable bonds is 8. The maximum absolute atomic E-state index is 2.68. The fourth-order valence-electron chi connectivity index (χ4n) is 7.87. The van der Waals surface area contributed by atoms with Gasteiger partial charge in [0, 0.05) is 0 Å². The van der Waals surface area contributed by atoms with Crippen LogP contribution in [0.15, 0.2) is 166 Å². The van der Waals surface area contributed by atoms with Crippen LogP contribution in [0.2, 0.25) is 0 Å². The molecule has 5 heteroatoms. The average Bonchev–Trinajstić information content (AvgIpc) is 3.31. The zero-order valence-corrected chi connectivity index (χ0v) is 36.4. The first-order chi connectivity index (χ1) is 24.1. The van der Waals surface area contributed by atoms with Crippen LogP contribution in [0, 0.1) is 26.7 Å². The summed E-state index contributed by atoms with van der Waals surface area (Å²) in [4.78, 5) is 0. The van der Waals surface area contributed by atoms with Crippen molar-refractivity contribution in [2.75, 3.05) is 0 Å². The maximum atomic E-state index is 2.58. The van der Waals surface area contributed by atoms with Crippen LogP contribution < -0.4 is 52.8 Å². The maximum Gasteiger partial charge on any atom is -1.00 e. The Labute approximate surface area is 345 Å². The van der Waals surface area contributed by atoms with Gasteiger partial charge in [-0.25, -0.2) is 0 Å². The summed E-state index contributed by atoms with van der Waals surface area (Å²) in [5, 5.41) is 4.58. The number of allylic oxidation sites excluding steroid dienone is 4. The summed E-state index contributed by atoms with van der Waals surface area (Å²) in [6.45, 7) is 16.5. The monoisotopic (exact) mass is 803 g/mol. The van der Waals surface area contributed by atoms with Gasteiger partial charge in [0.25, 0.3) is 0 Å². The minimum Gasteiger partial charge on any atom is -1.00 e. The topological polar surface area (TPSA) is 0 Å². The van der Waals surface area contributed by atoms with Gasteiger partial charge in [-0.05, 0) is 0 Å². The van der Waals surface area contributed by atoms with E-state index < -0.39 is 24.3 Å². The van der Waals surface area contributed by atoms with E-state index in [-0.39, 0.29) is 37.2 Å². The Balaban J connectivity index is 0.00000209. The molecule has 0 saturated carbocycles. The molecule has 0 spiro atoms. The molecule has 1 aliphatic rings. The number of hydrogen-bond acceptors (Lipinski definition) is 0. The fourth-order valence-corrected chi connectivity index (χ4v) is 21.0. The van der Waals surface area contributed by atoms with Gasteiger partial charge in [0.15, 0.2) is 0 Å². The molecule has 6 aromatic carbocycles. The van der Waals surface area contributed by atoms with Gasteiger partial charge in [0.2, 0.25) is 0 Å². The summed E-state index contributed by atoms with van der Waals surface area (Å²) in [6.07, 6.45) is 0. The van der Waals surface area contributed by atoms with Crippen molar-refractivity contribution < 1.29 is 55.6 Å². The smallest absolute Gasteiger partial charge is 1.00 e. The summed E-state index contributed by atoms with van der Waals surface area (Å²) in [5.74, 6) is -2.21. The molecule has 267 valence electrons. The van der Waals surface area contributed by atoms with Gasteiger partial charge in [-0.15, -0.1) is 0 Å². The van der Waals surface area contributed by atoms with Crippen LogP contribution in [0.25, 0.3) is 33.4 Å². The Morgan fingerprint density at radius 3 is 1.00 bits per heavy atom. The molecule has 0 nitrogen and oxygen atoms in total. The molecule has 0 saturated heterocycles. The van der Waals surface area contributed by atoms with Gasteiger partial charge >= 0.3 is 311 Å². The summed E-state index contributed by atoms with van der Waals surface area (Å²) < 4.78 is 1.72. The van der Waals surface area contributed by atoms with Gasteiger partial charge in [0.1, 0.15) is 0 Å². The Bertz CT molecular complexity index is 2050. The van der Waals surface area contributed by atoms with Crippen molar-refractivity contribution in [3.63, 3.8) is 0 Å².